The average molecular weight is 906 g/mol. The Kier molecular flexibility index (Phi) is 14.4. The average Bonchev–Trinajstić information content (AvgIpc) is 3.31. The van der Waals surface area contributed by atoms with Crippen molar-refractivity contribution in [2.45, 2.75) is 103 Å². The number of rotatable bonds is 10. The van der Waals surface area contributed by atoms with Crippen molar-refractivity contribution in [3.8, 4) is 0 Å². The Hall–Kier alpha value is -2.77. The zero-order valence-electron chi connectivity index (χ0n) is 27.8. The van der Waals surface area contributed by atoms with Gasteiger partial charge in [0.05, 0.1) is 22.8 Å². The van der Waals surface area contributed by atoms with Crippen molar-refractivity contribution >= 4 is 35.4 Å². The van der Waals surface area contributed by atoms with Gasteiger partial charge in [0.2, 0.25) is 11.6 Å². The summed E-state index contributed by atoms with van der Waals surface area (Å²) in [5.74, 6) is -42.5. The van der Waals surface area contributed by atoms with Gasteiger partial charge in [-0.05, 0) is 36.5 Å². The Labute approximate surface area is 314 Å². The third-order valence-electron chi connectivity index (χ3n) is 11.3. The normalized spacial score (nSPS) is 28.4. The predicted molar refractivity (Wildman–Crippen MR) is 129 cm³/mol. The molecule has 2 saturated carbocycles. The van der Waals surface area contributed by atoms with Crippen LogP contribution in [0.15, 0.2) is 0 Å². The van der Waals surface area contributed by atoms with Crippen molar-refractivity contribution in [3.63, 3.8) is 0 Å². The molecule has 0 saturated heterocycles. The van der Waals surface area contributed by atoms with Crippen LogP contribution < -0.4 is 20.4 Å². The molecular weight excluding hydrogens is 880 g/mol. The number of Topliss-reactive ketones (excluding diaryl/α,β-unsaturated/α-hetero) is 2. The number of hydrogen-bond acceptors (Lipinski definition) is 10. The molecule has 0 aromatic carbocycles. The number of carboxylic acids is 4. The summed E-state index contributed by atoms with van der Waals surface area (Å²) in [6.07, 6.45) is -17.8. The first kappa shape index (κ1) is 53.3. The van der Waals surface area contributed by atoms with Gasteiger partial charge in [0, 0.05) is 22.8 Å². The van der Waals surface area contributed by atoms with Gasteiger partial charge in [0.1, 0.15) is 0 Å². The number of carbonyl (C=O) groups is 6. The molecule has 0 spiro atoms. The SMILES string of the molecule is CC1(C)C(C(=O)[O-])(C(=O)C(F)(F)C(F)(F)C(F)(F)F)CC[C@@]1(C)C(=O)[O-].CC1(C)C(C(=O)[O-])(C(=O)C(F)(F)C(F)(F)C(F)(F)F)CC[C@@]1(C)C(=O)[O-].[Ni+2].[Ni+2]. The topological polar surface area (TPSA) is 195 Å². The van der Waals surface area contributed by atoms with Crippen LogP contribution in [0.5, 0.6) is 0 Å². The second-order valence-corrected chi connectivity index (χ2v) is 13.8. The van der Waals surface area contributed by atoms with Crippen LogP contribution in [0.2, 0.25) is 0 Å². The number of aliphatic carboxylic acids is 4. The Morgan fingerprint density at radius 2 is 0.611 bits per heavy atom. The Balaban J connectivity index is 0. The number of ketones is 2. The van der Waals surface area contributed by atoms with E-state index in [2.05, 4.69) is 0 Å². The number of alkyl halides is 14. The van der Waals surface area contributed by atoms with E-state index in [1.165, 1.54) is 0 Å². The summed E-state index contributed by atoms with van der Waals surface area (Å²) in [6.45, 7) is 4.38. The minimum Gasteiger partial charge on any atom is -0.550 e. The fourth-order valence-electron chi connectivity index (χ4n) is 6.65. The van der Waals surface area contributed by atoms with Gasteiger partial charge in [-0.15, -0.1) is 0 Å². The summed E-state index contributed by atoms with van der Waals surface area (Å²) in [5.41, 5.74) is -16.8. The molecule has 0 aromatic heterocycles. The monoisotopic (exact) mass is 904 g/mol. The maximum absolute atomic E-state index is 13.9. The van der Waals surface area contributed by atoms with Crippen molar-refractivity contribution in [1.29, 1.82) is 0 Å². The molecule has 0 bridgehead atoms. The second kappa shape index (κ2) is 14.6. The van der Waals surface area contributed by atoms with Crippen LogP contribution in [-0.4, -0.2) is 71.5 Å². The molecule has 0 aliphatic heterocycles. The smallest absolute Gasteiger partial charge is 0.550 e. The Morgan fingerprint density at radius 3 is 0.741 bits per heavy atom. The largest absolute Gasteiger partial charge is 2.00 e. The van der Waals surface area contributed by atoms with Crippen LogP contribution in [0.1, 0.15) is 67.2 Å². The van der Waals surface area contributed by atoms with Crippen LogP contribution in [0.25, 0.3) is 0 Å². The summed E-state index contributed by atoms with van der Waals surface area (Å²) in [6, 6.07) is 0. The van der Waals surface area contributed by atoms with Gasteiger partial charge >= 0.3 is 69.0 Å². The summed E-state index contributed by atoms with van der Waals surface area (Å²) in [4.78, 5) is 69.8. The van der Waals surface area contributed by atoms with Gasteiger partial charge in [-0.25, -0.2) is 0 Å². The van der Waals surface area contributed by atoms with E-state index in [0.29, 0.717) is 27.7 Å². The Bertz CT molecular complexity index is 1430. The van der Waals surface area contributed by atoms with Gasteiger partial charge in [0.25, 0.3) is 0 Å². The predicted octanol–water partition coefficient (Wildman–Crippen LogP) is 1.40. The van der Waals surface area contributed by atoms with Gasteiger partial charge in [-0.3, -0.25) is 9.59 Å². The molecule has 2 fully saturated rings. The molecule has 26 heteroatoms. The van der Waals surface area contributed by atoms with Gasteiger partial charge < -0.3 is 39.6 Å². The van der Waals surface area contributed by atoms with Crippen LogP contribution >= 0.6 is 0 Å². The molecular formula is C28H26F14Ni2O10. The fourth-order valence-corrected chi connectivity index (χ4v) is 6.65. The van der Waals surface area contributed by atoms with Crippen molar-refractivity contribution in [2.24, 2.45) is 32.5 Å². The fraction of sp³-hybridized carbons (Fsp3) is 0.786. The summed E-state index contributed by atoms with van der Waals surface area (Å²) in [5, 5.41) is 45.7. The van der Waals surface area contributed by atoms with Crippen LogP contribution in [0, 0.1) is 32.5 Å². The first-order valence-electron chi connectivity index (χ1n) is 14.1. The molecule has 54 heavy (non-hydrogen) atoms. The number of carbonyl (C=O) groups excluding carboxylic acids is 6. The van der Waals surface area contributed by atoms with Gasteiger partial charge in [-0.2, -0.15) is 61.5 Å². The maximum atomic E-state index is 13.9. The van der Waals surface area contributed by atoms with Crippen LogP contribution in [0.4, 0.5) is 61.5 Å². The molecule has 2 rings (SSSR count). The summed E-state index contributed by atoms with van der Waals surface area (Å²) < 4.78 is 182. The minimum atomic E-state index is -6.88. The first-order chi connectivity index (χ1) is 22.5. The summed E-state index contributed by atoms with van der Waals surface area (Å²) in [7, 11) is 0. The van der Waals surface area contributed by atoms with Crippen LogP contribution in [0.3, 0.4) is 0 Å². The third kappa shape index (κ3) is 6.65. The first-order valence-corrected chi connectivity index (χ1v) is 14.1. The van der Waals surface area contributed by atoms with E-state index in [1.807, 2.05) is 0 Å². The summed E-state index contributed by atoms with van der Waals surface area (Å²) >= 11 is 0. The van der Waals surface area contributed by atoms with E-state index in [4.69, 9.17) is 0 Å². The quantitative estimate of drug-likeness (QED) is 0.176. The zero-order chi connectivity index (χ0) is 42.3. The molecule has 2 aliphatic rings. The van der Waals surface area contributed by atoms with Crippen molar-refractivity contribution in [1.82, 2.24) is 0 Å². The number of halogens is 14. The molecule has 0 amide bonds. The standard InChI is InChI=1S/2C14H15F7O5.2Ni/c2*1-9(2)10(3,7(23)24)4-5-11(9,8(25)26)6(22)12(15,16)13(17,18)14(19,20)21;;/h2*4-5H2,1-3H3,(H,23,24)(H,25,26);;/q;;2*+2/p-4/t2*10-,11?;;/m00../s1. The zero-order valence-corrected chi connectivity index (χ0v) is 29.8. The van der Waals surface area contributed by atoms with Crippen molar-refractivity contribution < 1.29 is 144 Å². The van der Waals surface area contributed by atoms with E-state index < -0.39 is 130 Å². The molecule has 0 N–H and O–H groups in total. The van der Waals surface area contributed by atoms with Crippen molar-refractivity contribution in [3.05, 3.63) is 0 Å². The van der Waals surface area contributed by atoms with E-state index in [1.54, 1.807) is 0 Å². The van der Waals surface area contributed by atoms with Gasteiger partial charge in [-0.1, -0.05) is 41.5 Å². The molecule has 0 heterocycles. The molecule has 316 valence electrons. The maximum Gasteiger partial charge on any atom is 2.00 e. The van der Waals surface area contributed by atoms with Crippen LogP contribution in [-0.2, 0) is 61.8 Å². The molecule has 10 nitrogen and oxygen atoms in total. The van der Waals surface area contributed by atoms with E-state index >= 15 is 0 Å². The number of carboxylic acid groups (broad SMARTS) is 4. The molecule has 2 aliphatic carbocycles. The third-order valence-corrected chi connectivity index (χ3v) is 11.3. The van der Waals surface area contributed by atoms with E-state index in [-0.39, 0.29) is 33.0 Å². The van der Waals surface area contributed by atoms with Gasteiger partial charge in [0.15, 0.2) is 0 Å². The second-order valence-electron chi connectivity index (χ2n) is 13.8. The number of hydrogen-bond donors (Lipinski definition) is 0. The Morgan fingerprint density at radius 1 is 0.407 bits per heavy atom. The molecule has 2 unspecified atom stereocenters. The van der Waals surface area contributed by atoms with Crippen molar-refractivity contribution in [2.75, 3.05) is 0 Å². The molecule has 4 atom stereocenters. The van der Waals surface area contributed by atoms with E-state index in [9.17, 15) is 111 Å². The van der Waals surface area contributed by atoms with E-state index in [0.717, 1.165) is 13.8 Å². The molecule has 0 aromatic rings. The molecule has 0 radical (unpaired) electrons. The minimum absolute atomic E-state index is 0.